The number of fused-ring (bicyclic) bond motifs is 5. The summed E-state index contributed by atoms with van der Waals surface area (Å²) in [6, 6.07) is 7.42. The van der Waals surface area contributed by atoms with E-state index in [-0.39, 0.29) is 0 Å². The van der Waals surface area contributed by atoms with Crippen molar-refractivity contribution < 1.29 is 9.47 Å². The molecule has 4 heterocycles. The average molecular weight is 272 g/mol. The maximum absolute atomic E-state index is 5.71. The Labute approximate surface area is 119 Å². The summed E-state index contributed by atoms with van der Waals surface area (Å²) in [6.07, 6.45) is 6.86. The fraction of sp³-hybridized carbons (Fsp3) is 0.500. The predicted octanol–water partition coefficient (Wildman–Crippen LogP) is 1.95. The van der Waals surface area contributed by atoms with E-state index in [2.05, 4.69) is 34.5 Å². The fourth-order valence-electron chi connectivity index (χ4n) is 3.27. The van der Waals surface area contributed by atoms with Gasteiger partial charge in [-0.2, -0.15) is 0 Å². The molecule has 2 bridgehead atoms. The van der Waals surface area contributed by atoms with Crippen LogP contribution < -0.4 is 19.7 Å². The van der Waals surface area contributed by atoms with E-state index in [0.717, 1.165) is 37.4 Å². The monoisotopic (exact) mass is 272 g/mol. The second-order valence-electron chi connectivity index (χ2n) is 5.68. The number of nitrogens with one attached hydrogen (secondary N) is 1. The SMILES string of the molecule is C1=C\CC2CNC(C/1)CN2c1ccc2c(c1)OCCO2. The van der Waals surface area contributed by atoms with Crippen LogP contribution in [0.25, 0.3) is 0 Å². The Balaban J connectivity index is 1.64. The maximum atomic E-state index is 5.71. The van der Waals surface area contributed by atoms with Gasteiger partial charge in [-0.1, -0.05) is 12.2 Å². The van der Waals surface area contributed by atoms with Gasteiger partial charge in [-0.15, -0.1) is 0 Å². The normalized spacial score (nSPS) is 29.7. The summed E-state index contributed by atoms with van der Waals surface area (Å²) in [6.45, 7) is 3.42. The molecule has 0 spiro atoms. The highest BCUT2D eigenvalue weighted by atomic mass is 16.6. The predicted molar refractivity (Wildman–Crippen MR) is 78.7 cm³/mol. The van der Waals surface area contributed by atoms with Gasteiger partial charge < -0.3 is 19.7 Å². The second-order valence-corrected chi connectivity index (χ2v) is 5.68. The van der Waals surface area contributed by atoms with Gasteiger partial charge >= 0.3 is 0 Å². The molecule has 0 aromatic heterocycles. The lowest BCUT2D eigenvalue weighted by atomic mass is 9.99. The quantitative estimate of drug-likeness (QED) is 0.792. The molecule has 2 atom stereocenters. The third-order valence-electron chi connectivity index (χ3n) is 4.35. The number of hydrogen-bond donors (Lipinski definition) is 1. The van der Waals surface area contributed by atoms with Gasteiger partial charge in [0.1, 0.15) is 13.2 Å². The van der Waals surface area contributed by atoms with Crippen molar-refractivity contribution in [3.05, 3.63) is 30.4 Å². The zero-order valence-corrected chi connectivity index (χ0v) is 11.5. The lowest BCUT2D eigenvalue weighted by Crippen LogP contribution is -2.57. The molecule has 5 rings (SSSR count). The van der Waals surface area contributed by atoms with Gasteiger partial charge in [-0.25, -0.2) is 0 Å². The van der Waals surface area contributed by atoms with Crippen molar-refractivity contribution in [1.29, 1.82) is 0 Å². The van der Waals surface area contributed by atoms with Gasteiger partial charge in [-0.3, -0.25) is 0 Å². The minimum absolute atomic E-state index is 0.533. The lowest BCUT2D eigenvalue weighted by molar-refractivity contribution is 0.171. The Morgan fingerprint density at radius 3 is 2.85 bits per heavy atom. The van der Waals surface area contributed by atoms with Crippen LogP contribution in [0, 0.1) is 0 Å². The van der Waals surface area contributed by atoms with Crippen LogP contribution in [0.5, 0.6) is 11.5 Å². The molecule has 0 amide bonds. The third-order valence-corrected chi connectivity index (χ3v) is 4.35. The first-order valence-corrected chi connectivity index (χ1v) is 7.45. The molecule has 4 aliphatic rings. The molecular weight excluding hydrogens is 252 g/mol. The van der Waals surface area contributed by atoms with Gasteiger partial charge in [0.25, 0.3) is 0 Å². The number of anilines is 1. The van der Waals surface area contributed by atoms with E-state index in [1.54, 1.807) is 0 Å². The summed E-state index contributed by atoms with van der Waals surface area (Å²) in [5, 5.41) is 3.63. The largest absolute Gasteiger partial charge is 0.486 e. The molecule has 1 saturated heterocycles. The fourth-order valence-corrected chi connectivity index (χ4v) is 3.27. The molecule has 4 aliphatic heterocycles. The molecule has 4 nitrogen and oxygen atoms in total. The Morgan fingerprint density at radius 1 is 1.05 bits per heavy atom. The number of nitrogens with zero attached hydrogens (tertiary/aromatic N) is 1. The van der Waals surface area contributed by atoms with Crippen molar-refractivity contribution in [2.75, 3.05) is 31.2 Å². The van der Waals surface area contributed by atoms with Gasteiger partial charge in [-0.05, 0) is 25.0 Å². The van der Waals surface area contributed by atoms with Crippen LogP contribution in [0.2, 0.25) is 0 Å². The van der Waals surface area contributed by atoms with E-state index < -0.39 is 0 Å². The number of piperazine rings is 1. The van der Waals surface area contributed by atoms with Crippen molar-refractivity contribution in [2.24, 2.45) is 0 Å². The summed E-state index contributed by atoms with van der Waals surface area (Å²) in [5.41, 5.74) is 1.25. The van der Waals surface area contributed by atoms with Crippen LogP contribution in [-0.2, 0) is 0 Å². The summed E-state index contributed by atoms with van der Waals surface area (Å²) < 4.78 is 11.3. The molecule has 1 aromatic carbocycles. The average Bonchev–Trinajstić information content (AvgIpc) is 2.47. The first kappa shape index (κ1) is 12.1. The molecule has 1 fully saturated rings. The first-order valence-electron chi connectivity index (χ1n) is 7.45. The number of rotatable bonds is 1. The lowest BCUT2D eigenvalue weighted by Gasteiger charge is -2.43. The Bertz CT molecular complexity index is 529. The number of ether oxygens (including phenoxy) is 2. The molecule has 1 N–H and O–H groups in total. The van der Waals surface area contributed by atoms with Crippen LogP contribution in [0.1, 0.15) is 12.8 Å². The highest BCUT2D eigenvalue weighted by molar-refractivity contribution is 5.58. The van der Waals surface area contributed by atoms with Crippen LogP contribution >= 0.6 is 0 Å². The van der Waals surface area contributed by atoms with Crippen LogP contribution in [-0.4, -0.2) is 38.4 Å². The number of hydrogen-bond acceptors (Lipinski definition) is 4. The van der Waals surface area contributed by atoms with Gasteiger partial charge in [0.05, 0.1) is 0 Å². The van der Waals surface area contributed by atoms with Crippen LogP contribution in [0.3, 0.4) is 0 Å². The van der Waals surface area contributed by atoms with Crippen LogP contribution in [0.4, 0.5) is 5.69 Å². The van der Waals surface area contributed by atoms with Gasteiger partial charge in [0.15, 0.2) is 11.5 Å². The Hall–Kier alpha value is -1.68. The van der Waals surface area contributed by atoms with Crippen LogP contribution in [0.15, 0.2) is 30.4 Å². The third kappa shape index (κ3) is 2.14. The van der Waals surface area contributed by atoms with Crippen molar-refractivity contribution in [3.8, 4) is 11.5 Å². The second kappa shape index (κ2) is 5.02. The molecular formula is C16H20N2O2. The molecule has 1 aromatic rings. The summed E-state index contributed by atoms with van der Waals surface area (Å²) in [7, 11) is 0. The molecule has 106 valence electrons. The van der Waals surface area contributed by atoms with Crippen molar-refractivity contribution in [3.63, 3.8) is 0 Å². The minimum Gasteiger partial charge on any atom is -0.486 e. The standard InChI is InChI=1S/C16H20N2O2/c1-2-4-14-10-17-12(3-1)11-18(14)13-5-6-15-16(9-13)20-8-7-19-15/h1-2,5-6,9,12,14,17H,3-4,7-8,10-11H2/b2-1-. The van der Waals surface area contributed by atoms with Crippen molar-refractivity contribution in [2.45, 2.75) is 24.9 Å². The van der Waals surface area contributed by atoms with E-state index in [1.807, 2.05) is 6.07 Å². The first-order chi connectivity index (χ1) is 9.90. The molecule has 4 heteroatoms. The molecule has 0 aliphatic carbocycles. The van der Waals surface area contributed by atoms with E-state index >= 15 is 0 Å². The Morgan fingerprint density at radius 2 is 1.90 bits per heavy atom. The minimum atomic E-state index is 0.533. The number of benzene rings is 1. The highest BCUT2D eigenvalue weighted by Crippen LogP contribution is 2.35. The zero-order valence-electron chi connectivity index (χ0n) is 11.5. The van der Waals surface area contributed by atoms with Gasteiger partial charge in [0, 0.05) is 36.9 Å². The van der Waals surface area contributed by atoms with E-state index in [1.165, 1.54) is 5.69 Å². The van der Waals surface area contributed by atoms with Crippen molar-refractivity contribution >= 4 is 5.69 Å². The van der Waals surface area contributed by atoms with E-state index in [0.29, 0.717) is 25.3 Å². The summed E-state index contributed by atoms with van der Waals surface area (Å²) in [5.74, 6) is 1.76. The zero-order chi connectivity index (χ0) is 13.4. The van der Waals surface area contributed by atoms with E-state index in [4.69, 9.17) is 9.47 Å². The Kier molecular flexibility index (Phi) is 3.03. The highest BCUT2D eigenvalue weighted by Gasteiger charge is 2.29. The maximum Gasteiger partial charge on any atom is 0.163 e. The molecule has 2 unspecified atom stereocenters. The van der Waals surface area contributed by atoms with E-state index in [9.17, 15) is 0 Å². The summed E-state index contributed by atoms with van der Waals surface area (Å²) >= 11 is 0. The summed E-state index contributed by atoms with van der Waals surface area (Å²) in [4.78, 5) is 2.52. The molecule has 0 radical (unpaired) electrons. The van der Waals surface area contributed by atoms with Gasteiger partial charge in [0.2, 0.25) is 0 Å². The smallest absolute Gasteiger partial charge is 0.163 e. The topological polar surface area (TPSA) is 33.7 Å². The molecule has 0 saturated carbocycles. The molecule has 20 heavy (non-hydrogen) atoms. The van der Waals surface area contributed by atoms with Crippen molar-refractivity contribution in [1.82, 2.24) is 5.32 Å².